The summed E-state index contributed by atoms with van der Waals surface area (Å²) in [6, 6.07) is 0. The maximum atomic E-state index is 13.0. The highest BCUT2D eigenvalue weighted by atomic mass is 31.2. The van der Waals surface area contributed by atoms with Gasteiger partial charge in [-0.3, -0.25) is 37.3 Å². The maximum Gasteiger partial charge on any atom is 0.472 e. The first-order chi connectivity index (χ1) is 43.7. The van der Waals surface area contributed by atoms with Crippen molar-refractivity contribution in [1.29, 1.82) is 0 Å². The van der Waals surface area contributed by atoms with Crippen molar-refractivity contribution in [2.75, 3.05) is 39.6 Å². The fraction of sp³-hybridized carbons (Fsp3) is 0.944. The van der Waals surface area contributed by atoms with Gasteiger partial charge < -0.3 is 33.8 Å². The monoisotopic (exact) mass is 1340 g/mol. The van der Waals surface area contributed by atoms with Gasteiger partial charge in [-0.2, -0.15) is 0 Å². The Bertz CT molecular complexity index is 1780. The minimum Gasteiger partial charge on any atom is -0.462 e. The van der Waals surface area contributed by atoms with Crippen molar-refractivity contribution < 1.29 is 80.2 Å². The third-order valence-corrected chi connectivity index (χ3v) is 18.5. The minimum absolute atomic E-state index is 0.105. The predicted octanol–water partition coefficient (Wildman–Crippen LogP) is 20.6. The van der Waals surface area contributed by atoms with Gasteiger partial charge in [-0.1, -0.05) is 312 Å². The minimum atomic E-state index is -4.95. The Morgan fingerprint density at radius 1 is 0.297 bits per heavy atom. The molecule has 5 atom stereocenters. The molecule has 0 saturated carbocycles. The van der Waals surface area contributed by atoms with E-state index in [9.17, 15) is 43.2 Å². The van der Waals surface area contributed by atoms with Crippen LogP contribution < -0.4 is 0 Å². The van der Waals surface area contributed by atoms with Crippen molar-refractivity contribution in [3.8, 4) is 0 Å². The summed E-state index contributed by atoms with van der Waals surface area (Å²) >= 11 is 0. The molecule has 0 aliphatic heterocycles. The van der Waals surface area contributed by atoms with Gasteiger partial charge in [0.2, 0.25) is 0 Å². The third kappa shape index (κ3) is 66.5. The van der Waals surface area contributed by atoms with Crippen LogP contribution >= 0.6 is 15.6 Å². The number of carbonyl (C=O) groups is 4. The lowest BCUT2D eigenvalue weighted by Crippen LogP contribution is -2.30. The van der Waals surface area contributed by atoms with Crippen LogP contribution in [0.15, 0.2) is 0 Å². The van der Waals surface area contributed by atoms with Crippen LogP contribution in [0, 0.1) is 17.8 Å². The molecule has 0 aliphatic rings. The van der Waals surface area contributed by atoms with Crippen molar-refractivity contribution in [2.24, 2.45) is 17.8 Å². The topological polar surface area (TPSA) is 237 Å². The van der Waals surface area contributed by atoms with Gasteiger partial charge in [0, 0.05) is 25.7 Å². The predicted molar refractivity (Wildman–Crippen MR) is 368 cm³/mol. The molecule has 0 aromatic carbocycles. The molecular formula is C72H140O17P2. The lowest BCUT2D eigenvalue weighted by atomic mass is 10.0. The van der Waals surface area contributed by atoms with Gasteiger partial charge in [0.25, 0.3) is 0 Å². The van der Waals surface area contributed by atoms with Crippen LogP contribution in [0.2, 0.25) is 0 Å². The zero-order valence-corrected chi connectivity index (χ0v) is 61.1. The van der Waals surface area contributed by atoms with E-state index in [0.717, 1.165) is 108 Å². The Balaban J connectivity index is 5.27. The van der Waals surface area contributed by atoms with Gasteiger partial charge in [0.15, 0.2) is 12.2 Å². The van der Waals surface area contributed by atoms with Gasteiger partial charge in [-0.05, 0) is 43.4 Å². The highest BCUT2D eigenvalue weighted by Gasteiger charge is 2.30. The second-order valence-corrected chi connectivity index (χ2v) is 30.3. The van der Waals surface area contributed by atoms with E-state index in [4.69, 9.17) is 37.0 Å². The van der Waals surface area contributed by atoms with Gasteiger partial charge in [-0.25, -0.2) is 9.13 Å². The smallest absolute Gasteiger partial charge is 0.462 e. The van der Waals surface area contributed by atoms with Gasteiger partial charge in [0.05, 0.1) is 26.4 Å². The molecule has 3 N–H and O–H groups in total. The molecule has 0 rings (SSSR count). The summed E-state index contributed by atoms with van der Waals surface area (Å²) in [5.41, 5.74) is 0. The van der Waals surface area contributed by atoms with E-state index >= 15 is 0 Å². The number of esters is 4. The van der Waals surface area contributed by atoms with Gasteiger partial charge in [-0.15, -0.1) is 0 Å². The summed E-state index contributed by atoms with van der Waals surface area (Å²) in [5, 5.41) is 10.6. The first-order valence-electron chi connectivity index (χ1n) is 37.3. The molecule has 0 aromatic rings. The highest BCUT2D eigenvalue weighted by Crippen LogP contribution is 2.45. The summed E-state index contributed by atoms with van der Waals surface area (Å²) in [4.78, 5) is 72.7. The van der Waals surface area contributed by atoms with Crippen LogP contribution in [0.25, 0.3) is 0 Å². The number of carbonyl (C=O) groups excluding carboxylic acids is 4. The van der Waals surface area contributed by atoms with Crippen molar-refractivity contribution in [3.05, 3.63) is 0 Å². The SMILES string of the molecule is CCCCCCCCCCCCCCCC(=O)OC[C@H](COP(=O)(O)OC[C@@H](O)COP(=O)(O)OC[C@@H](COC(=O)CCCCCCCCCCCC(C)C)OC(=O)CCCCCCCCCCCC(C)C)OC(=O)CCCCCCCCCCCCCC(C)C. The second-order valence-electron chi connectivity index (χ2n) is 27.4. The van der Waals surface area contributed by atoms with E-state index in [1.807, 2.05) is 0 Å². The molecule has 0 amide bonds. The third-order valence-electron chi connectivity index (χ3n) is 16.6. The van der Waals surface area contributed by atoms with E-state index in [1.165, 1.54) is 173 Å². The Morgan fingerprint density at radius 3 is 0.747 bits per heavy atom. The first kappa shape index (κ1) is 89.1. The zero-order valence-electron chi connectivity index (χ0n) is 59.3. The highest BCUT2D eigenvalue weighted by molar-refractivity contribution is 7.47. The number of ether oxygens (including phenoxy) is 4. The summed E-state index contributed by atoms with van der Waals surface area (Å²) in [6.07, 6.45) is 47.1. The zero-order chi connectivity index (χ0) is 67.3. The lowest BCUT2D eigenvalue weighted by molar-refractivity contribution is -0.161. The molecule has 0 aromatic heterocycles. The van der Waals surface area contributed by atoms with E-state index in [0.29, 0.717) is 25.7 Å². The van der Waals surface area contributed by atoms with Crippen molar-refractivity contribution >= 4 is 39.5 Å². The van der Waals surface area contributed by atoms with Crippen molar-refractivity contribution in [3.63, 3.8) is 0 Å². The Kier molecular flexibility index (Phi) is 61.5. The molecule has 0 spiro atoms. The number of hydrogen-bond acceptors (Lipinski definition) is 15. The van der Waals surface area contributed by atoms with E-state index < -0.39 is 97.5 Å². The molecule has 19 heteroatoms. The maximum absolute atomic E-state index is 13.0. The van der Waals surface area contributed by atoms with Gasteiger partial charge >= 0.3 is 39.5 Å². The second kappa shape index (κ2) is 62.8. The molecule has 0 fully saturated rings. The standard InChI is InChI=1S/C72H140O17P2/c1-8-9-10-11-12-13-14-15-18-25-32-39-46-53-69(74)82-59-67(88-71(76)55-48-41-34-26-19-16-17-22-29-36-43-50-63(2)3)61-86-90(78,79)84-57-66(73)58-85-91(80,81)87-62-68(89-72(77)56-49-42-35-28-21-24-31-38-45-52-65(6)7)60-83-70(75)54-47-40-33-27-20-23-30-37-44-51-64(4)5/h63-68,73H,8-62H2,1-7H3,(H,78,79)(H,80,81)/t66-,67-,68-/m1/s1. The average molecular weight is 1340 g/mol. The van der Waals surface area contributed by atoms with E-state index in [1.54, 1.807) is 0 Å². The normalized spacial score (nSPS) is 14.2. The lowest BCUT2D eigenvalue weighted by Gasteiger charge is -2.21. The van der Waals surface area contributed by atoms with Crippen molar-refractivity contribution in [2.45, 2.75) is 381 Å². The Hall–Kier alpha value is -1.94. The van der Waals surface area contributed by atoms with Crippen LogP contribution in [0.3, 0.4) is 0 Å². The number of aliphatic hydroxyl groups is 1. The van der Waals surface area contributed by atoms with Crippen molar-refractivity contribution in [1.82, 2.24) is 0 Å². The average Bonchev–Trinajstić information content (AvgIpc) is 3.21. The fourth-order valence-electron chi connectivity index (χ4n) is 10.9. The molecule has 0 saturated heterocycles. The van der Waals surface area contributed by atoms with Gasteiger partial charge in [0.1, 0.15) is 19.3 Å². The fourth-order valence-corrected chi connectivity index (χ4v) is 12.5. The molecule has 0 radical (unpaired) electrons. The number of rotatable bonds is 70. The number of hydrogen-bond donors (Lipinski definition) is 3. The molecule has 0 bridgehead atoms. The van der Waals surface area contributed by atoms with Crippen LogP contribution in [-0.2, 0) is 65.4 Å². The number of phosphoric acid groups is 2. The molecule has 17 nitrogen and oxygen atoms in total. The Labute approximate surface area is 556 Å². The first-order valence-corrected chi connectivity index (χ1v) is 40.3. The van der Waals surface area contributed by atoms with Crippen LogP contribution in [-0.4, -0.2) is 96.7 Å². The molecule has 540 valence electrons. The quantitative estimate of drug-likeness (QED) is 0.0222. The molecule has 2 unspecified atom stereocenters. The number of aliphatic hydroxyl groups excluding tert-OH is 1. The molecule has 0 aliphatic carbocycles. The molecular weight excluding hydrogens is 1200 g/mol. The summed E-state index contributed by atoms with van der Waals surface area (Å²) in [6.45, 7) is 11.8. The van der Waals surface area contributed by atoms with Crippen LogP contribution in [0.4, 0.5) is 0 Å². The Morgan fingerprint density at radius 2 is 0.505 bits per heavy atom. The summed E-state index contributed by atoms with van der Waals surface area (Å²) in [5.74, 6) is 0.123. The van der Waals surface area contributed by atoms with Crippen LogP contribution in [0.5, 0.6) is 0 Å². The number of unbranched alkanes of at least 4 members (excludes halogenated alkanes) is 38. The largest absolute Gasteiger partial charge is 0.472 e. The molecule has 91 heavy (non-hydrogen) atoms. The van der Waals surface area contributed by atoms with Crippen LogP contribution in [0.1, 0.15) is 363 Å². The summed E-state index contributed by atoms with van der Waals surface area (Å²) in [7, 11) is -9.91. The number of phosphoric ester groups is 2. The molecule has 0 heterocycles. The van der Waals surface area contributed by atoms with E-state index in [2.05, 4.69) is 48.5 Å². The van der Waals surface area contributed by atoms with E-state index in [-0.39, 0.29) is 25.7 Å². The summed E-state index contributed by atoms with van der Waals surface area (Å²) < 4.78 is 68.4.